The quantitative estimate of drug-likeness (QED) is 0.762. The Morgan fingerprint density at radius 3 is 2.87 bits per heavy atom. The van der Waals surface area contributed by atoms with Crippen molar-refractivity contribution in [3.8, 4) is 0 Å². The summed E-state index contributed by atoms with van der Waals surface area (Å²) in [4.78, 5) is 10.8. The third-order valence-corrected chi connectivity index (χ3v) is 2.54. The van der Waals surface area contributed by atoms with E-state index in [1.165, 1.54) is 0 Å². The number of rotatable bonds is 4. The van der Waals surface area contributed by atoms with Gasteiger partial charge in [-0.3, -0.25) is 0 Å². The van der Waals surface area contributed by atoms with E-state index in [-0.39, 0.29) is 6.04 Å². The van der Waals surface area contributed by atoms with Gasteiger partial charge in [0.15, 0.2) is 0 Å². The summed E-state index contributed by atoms with van der Waals surface area (Å²) in [6, 6.07) is 7.28. The van der Waals surface area contributed by atoms with Crippen LogP contribution in [-0.4, -0.2) is 6.03 Å². The first-order valence-electron chi connectivity index (χ1n) is 4.88. The number of nitrogens with one attached hydrogen (secondary N) is 1. The molecule has 0 saturated heterocycles. The number of carbonyl (C=O) groups excluding carboxylic acids is 1. The number of amides is 2. The van der Waals surface area contributed by atoms with Crippen molar-refractivity contribution in [2.45, 2.75) is 25.3 Å². The fourth-order valence-corrected chi connectivity index (χ4v) is 1.65. The number of alkyl halides is 1. The summed E-state index contributed by atoms with van der Waals surface area (Å²) in [5.41, 5.74) is 7.18. The molecule has 0 bridgehead atoms. The summed E-state index contributed by atoms with van der Waals surface area (Å²) in [6.45, 7) is 1.99. The molecule has 0 aromatic heterocycles. The van der Waals surface area contributed by atoms with Crippen molar-refractivity contribution < 1.29 is 4.79 Å². The molecule has 1 aromatic carbocycles. The molecule has 0 aliphatic rings. The molecule has 0 fully saturated rings. The Hall–Kier alpha value is -1.22. The van der Waals surface area contributed by atoms with Gasteiger partial charge in [-0.25, -0.2) is 4.79 Å². The highest BCUT2D eigenvalue weighted by atomic mass is 35.5. The van der Waals surface area contributed by atoms with Gasteiger partial charge in [0.2, 0.25) is 0 Å². The maximum atomic E-state index is 10.8. The van der Waals surface area contributed by atoms with E-state index in [2.05, 4.69) is 5.32 Å². The first kappa shape index (κ1) is 11.9. The van der Waals surface area contributed by atoms with Crippen LogP contribution in [0.2, 0.25) is 0 Å². The highest BCUT2D eigenvalue weighted by molar-refractivity contribution is 6.17. The number of hydrogen-bond donors (Lipinski definition) is 2. The minimum Gasteiger partial charge on any atom is -0.352 e. The summed E-state index contributed by atoms with van der Waals surface area (Å²) in [5, 5.41) is 2.69. The van der Waals surface area contributed by atoms with Gasteiger partial charge >= 0.3 is 6.03 Å². The van der Waals surface area contributed by atoms with Gasteiger partial charge in [-0.15, -0.1) is 11.6 Å². The minimum atomic E-state index is -0.502. The van der Waals surface area contributed by atoms with Gasteiger partial charge in [-0.1, -0.05) is 31.2 Å². The highest BCUT2D eigenvalue weighted by Gasteiger charge is 2.10. The molecule has 1 aromatic rings. The van der Waals surface area contributed by atoms with Crippen molar-refractivity contribution in [3.63, 3.8) is 0 Å². The molecule has 1 unspecified atom stereocenters. The summed E-state index contributed by atoms with van der Waals surface area (Å²) in [7, 11) is 0. The molecule has 0 spiro atoms. The average Bonchev–Trinajstić information content (AvgIpc) is 2.25. The van der Waals surface area contributed by atoms with Crippen LogP contribution in [0.3, 0.4) is 0 Å². The van der Waals surface area contributed by atoms with Crippen molar-refractivity contribution in [1.82, 2.24) is 5.32 Å². The van der Waals surface area contributed by atoms with Gasteiger partial charge in [0.05, 0.1) is 6.04 Å². The van der Waals surface area contributed by atoms with Crippen LogP contribution in [0.4, 0.5) is 4.79 Å². The zero-order chi connectivity index (χ0) is 11.3. The number of carbonyl (C=O) groups is 1. The molecule has 82 valence electrons. The second kappa shape index (κ2) is 5.61. The maximum Gasteiger partial charge on any atom is 0.312 e. The van der Waals surface area contributed by atoms with E-state index >= 15 is 0 Å². The Morgan fingerprint density at radius 2 is 2.33 bits per heavy atom. The molecule has 0 aliphatic heterocycles. The SMILES string of the molecule is CCC(NC(N)=O)c1cccc(CCl)c1. The van der Waals surface area contributed by atoms with Crippen molar-refractivity contribution in [2.75, 3.05) is 0 Å². The van der Waals surface area contributed by atoms with E-state index in [1.54, 1.807) is 0 Å². The molecular formula is C11H15ClN2O. The van der Waals surface area contributed by atoms with E-state index in [9.17, 15) is 4.79 Å². The smallest absolute Gasteiger partial charge is 0.312 e. The molecule has 1 atom stereocenters. The Kier molecular flexibility index (Phi) is 4.43. The maximum absolute atomic E-state index is 10.8. The highest BCUT2D eigenvalue weighted by Crippen LogP contribution is 2.18. The van der Waals surface area contributed by atoms with Gasteiger partial charge in [0, 0.05) is 5.88 Å². The molecule has 0 saturated carbocycles. The number of halogens is 1. The van der Waals surface area contributed by atoms with Gasteiger partial charge in [-0.05, 0) is 17.5 Å². The molecule has 3 nitrogen and oxygen atoms in total. The average molecular weight is 227 g/mol. The van der Waals surface area contributed by atoms with Crippen LogP contribution in [0.1, 0.15) is 30.5 Å². The van der Waals surface area contributed by atoms with Gasteiger partial charge in [0.25, 0.3) is 0 Å². The Labute approximate surface area is 94.6 Å². The summed E-state index contributed by atoms with van der Waals surface area (Å²) in [6.07, 6.45) is 0.800. The van der Waals surface area contributed by atoms with Crippen LogP contribution < -0.4 is 11.1 Å². The second-order valence-corrected chi connectivity index (χ2v) is 3.62. The van der Waals surface area contributed by atoms with Crippen molar-refractivity contribution in [2.24, 2.45) is 5.73 Å². The molecule has 0 radical (unpaired) electrons. The topological polar surface area (TPSA) is 55.1 Å². The Balaban J connectivity index is 2.85. The second-order valence-electron chi connectivity index (χ2n) is 3.35. The van der Waals surface area contributed by atoms with Crippen LogP contribution in [0.15, 0.2) is 24.3 Å². The zero-order valence-corrected chi connectivity index (χ0v) is 9.42. The summed E-state index contributed by atoms with van der Waals surface area (Å²) < 4.78 is 0. The molecule has 2 amide bonds. The lowest BCUT2D eigenvalue weighted by Gasteiger charge is -2.16. The monoisotopic (exact) mass is 226 g/mol. The lowest BCUT2D eigenvalue weighted by atomic mass is 10.0. The van der Waals surface area contributed by atoms with Gasteiger partial charge < -0.3 is 11.1 Å². The molecule has 0 aliphatic carbocycles. The van der Waals surface area contributed by atoms with Crippen LogP contribution in [0, 0.1) is 0 Å². The van der Waals surface area contributed by atoms with Crippen LogP contribution in [0.5, 0.6) is 0 Å². The van der Waals surface area contributed by atoms with E-state index in [4.69, 9.17) is 17.3 Å². The number of primary amides is 1. The number of benzene rings is 1. The number of nitrogens with two attached hydrogens (primary N) is 1. The third kappa shape index (κ3) is 3.44. The molecule has 0 heterocycles. The van der Waals surface area contributed by atoms with Crippen LogP contribution in [-0.2, 0) is 5.88 Å². The largest absolute Gasteiger partial charge is 0.352 e. The van der Waals surface area contributed by atoms with Crippen molar-refractivity contribution >= 4 is 17.6 Å². The van der Waals surface area contributed by atoms with Crippen molar-refractivity contribution in [1.29, 1.82) is 0 Å². The van der Waals surface area contributed by atoms with Crippen molar-refractivity contribution in [3.05, 3.63) is 35.4 Å². The van der Waals surface area contributed by atoms with Gasteiger partial charge in [0.1, 0.15) is 0 Å². The zero-order valence-electron chi connectivity index (χ0n) is 8.66. The summed E-state index contributed by atoms with van der Waals surface area (Å²) in [5.74, 6) is 0.473. The predicted octanol–water partition coefficient (Wildman–Crippen LogP) is 2.54. The van der Waals surface area contributed by atoms with E-state index in [0.29, 0.717) is 5.88 Å². The first-order chi connectivity index (χ1) is 7.17. The van der Waals surface area contributed by atoms with E-state index in [0.717, 1.165) is 17.5 Å². The molecule has 15 heavy (non-hydrogen) atoms. The summed E-state index contributed by atoms with van der Waals surface area (Å²) >= 11 is 5.74. The first-order valence-corrected chi connectivity index (χ1v) is 5.41. The van der Waals surface area contributed by atoms with E-state index in [1.807, 2.05) is 31.2 Å². The lowest BCUT2D eigenvalue weighted by Crippen LogP contribution is -2.32. The number of urea groups is 1. The van der Waals surface area contributed by atoms with Crippen LogP contribution >= 0.6 is 11.6 Å². The van der Waals surface area contributed by atoms with E-state index < -0.39 is 6.03 Å². The minimum absolute atomic E-state index is 0.0364. The molecule has 1 rings (SSSR count). The fraction of sp³-hybridized carbons (Fsp3) is 0.364. The molecular weight excluding hydrogens is 212 g/mol. The lowest BCUT2D eigenvalue weighted by molar-refractivity contribution is 0.245. The third-order valence-electron chi connectivity index (χ3n) is 2.23. The van der Waals surface area contributed by atoms with Crippen LogP contribution in [0.25, 0.3) is 0 Å². The normalized spacial score (nSPS) is 12.1. The van der Waals surface area contributed by atoms with Gasteiger partial charge in [-0.2, -0.15) is 0 Å². The number of hydrogen-bond acceptors (Lipinski definition) is 1. The fourth-order valence-electron chi connectivity index (χ4n) is 1.49. The Morgan fingerprint density at radius 1 is 1.60 bits per heavy atom. The predicted molar refractivity (Wildman–Crippen MR) is 61.8 cm³/mol. The molecule has 3 N–H and O–H groups in total. The standard InChI is InChI=1S/C11H15ClN2O/c1-2-10(14-11(13)15)9-5-3-4-8(6-9)7-12/h3-6,10H,2,7H2,1H3,(H3,13,14,15). The Bertz CT molecular complexity index is 341. The molecule has 4 heteroatoms.